The van der Waals surface area contributed by atoms with Crippen molar-refractivity contribution in [2.24, 2.45) is 0 Å². The van der Waals surface area contributed by atoms with Gasteiger partial charge in [-0.1, -0.05) is 13.3 Å². The molecule has 0 amide bonds. The van der Waals surface area contributed by atoms with Gasteiger partial charge in [-0.3, -0.25) is 0 Å². The Bertz CT molecular complexity index is 824. The van der Waals surface area contributed by atoms with E-state index in [2.05, 4.69) is 113 Å². The van der Waals surface area contributed by atoms with Gasteiger partial charge < -0.3 is 0 Å². The fourth-order valence-corrected chi connectivity index (χ4v) is 13.0. The molecule has 0 aliphatic carbocycles. The third-order valence-corrected chi connectivity index (χ3v) is 17.3. The van der Waals surface area contributed by atoms with Gasteiger partial charge in [0, 0.05) is 0 Å². The molecule has 0 fully saturated rings. The van der Waals surface area contributed by atoms with E-state index in [0.29, 0.717) is 0 Å². The van der Waals surface area contributed by atoms with E-state index < -0.39 is 5.31 Å². The molecule has 0 heterocycles. The molecular weight excluding hydrogens is 495 g/mol. The fraction of sp³-hybridized carbons (Fsp3) is 0.438. The normalized spacial score (nSPS) is 12.8. The number of halogens is 1. The van der Waals surface area contributed by atoms with Crippen molar-refractivity contribution in [2.45, 2.75) is 84.0 Å². The van der Waals surface area contributed by atoms with Crippen molar-refractivity contribution in [3.05, 3.63) is 91.0 Å². The Balaban J connectivity index is 1.66. The minimum absolute atomic E-state index is 1.17. The number of hydrogen-bond donors (Lipinski definition) is 0. The predicted molar refractivity (Wildman–Crippen MR) is 160 cm³/mol. The molecule has 0 atom stereocenters. The van der Waals surface area contributed by atoms with Crippen molar-refractivity contribution in [3.8, 4) is 0 Å². The van der Waals surface area contributed by atoms with E-state index in [0.717, 1.165) is 0 Å². The van der Waals surface area contributed by atoms with E-state index in [1.807, 2.05) is 0 Å². The molecule has 0 aromatic heterocycles. The van der Waals surface area contributed by atoms with Crippen LogP contribution >= 0.6 is 20.8 Å². The monoisotopic (exact) mass is 538 g/mol. The van der Waals surface area contributed by atoms with Crippen LogP contribution in [0.3, 0.4) is 0 Å². The molecule has 0 saturated carbocycles. The maximum absolute atomic E-state index is 4.58. The summed E-state index contributed by atoms with van der Waals surface area (Å²) in [4.78, 5) is 0. The van der Waals surface area contributed by atoms with E-state index in [-0.39, 0.29) is 0 Å². The van der Waals surface area contributed by atoms with Gasteiger partial charge in [0.25, 0.3) is 0 Å². The quantitative estimate of drug-likeness (QED) is 0.126. The van der Waals surface area contributed by atoms with Crippen LogP contribution in [-0.4, -0.2) is 6.16 Å². The molecule has 0 bridgehead atoms. The summed E-state index contributed by atoms with van der Waals surface area (Å²) in [5, 5.41) is 1.59. The standard InChI is InChI=1S/C32H44BrP/c1-2-3-4-5-6-7-8-9-10-11-12-22-29-34(33,30-23-16-13-17-24-30,31-25-18-14-19-26-31)32-27-20-15-21-28-32/h13-21,23-28H,2-12,22,29H2,1H3. The number of rotatable bonds is 16. The van der Waals surface area contributed by atoms with Crippen LogP contribution in [0.2, 0.25) is 0 Å². The summed E-state index contributed by atoms with van der Waals surface area (Å²) in [7, 11) is 0. The molecule has 0 aliphatic heterocycles. The van der Waals surface area contributed by atoms with E-state index in [1.165, 1.54) is 99.1 Å². The van der Waals surface area contributed by atoms with Gasteiger partial charge in [0.2, 0.25) is 0 Å². The molecule has 0 radical (unpaired) electrons. The first-order chi connectivity index (χ1) is 16.7. The molecule has 3 rings (SSSR count). The molecule has 0 aliphatic rings. The zero-order valence-electron chi connectivity index (χ0n) is 21.2. The van der Waals surface area contributed by atoms with E-state index in [4.69, 9.17) is 0 Å². The summed E-state index contributed by atoms with van der Waals surface area (Å²) in [6, 6.07) is 33.7. The third-order valence-electron chi connectivity index (χ3n) is 7.32. The molecule has 2 heteroatoms. The van der Waals surface area contributed by atoms with Crippen LogP contribution in [0.5, 0.6) is 0 Å². The minimum atomic E-state index is -2.72. The second-order valence-electron chi connectivity index (χ2n) is 9.80. The Morgan fingerprint density at radius 3 is 1.06 bits per heavy atom. The summed E-state index contributed by atoms with van der Waals surface area (Å²) in [6.45, 7) is 2.29. The van der Waals surface area contributed by atoms with Crippen molar-refractivity contribution in [1.82, 2.24) is 0 Å². The van der Waals surface area contributed by atoms with Gasteiger partial charge in [-0.2, -0.15) is 0 Å². The first kappa shape index (κ1) is 27.2. The van der Waals surface area contributed by atoms with E-state index >= 15 is 0 Å². The van der Waals surface area contributed by atoms with Crippen molar-refractivity contribution in [1.29, 1.82) is 0 Å². The van der Waals surface area contributed by atoms with Crippen LogP contribution in [0.25, 0.3) is 0 Å². The Morgan fingerprint density at radius 1 is 0.441 bits per heavy atom. The summed E-state index contributed by atoms with van der Waals surface area (Å²) < 4.78 is 0. The molecule has 3 aromatic carbocycles. The first-order valence-corrected chi connectivity index (χ1v) is 18.0. The molecule has 0 saturated heterocycles. The van der Waals surface area contributed by atoms with Gasteiger partial charge >= 0.3 is 204 Å². The SMILES string of the molecule is CCCCCCCCCCCCCCP(Br)(c1ccccc1)(c1ccccc1)c1ccccc1. The fourth-order valence-electron chi connectivity index (χ4n) is 5.30. The Labute approximate surface area is 217 Å². The zero-order valence-corrected chi connectivity index (χ0v) is 23.7. The molecule has 0 nitrogen and oxygen atoms in total. The second kappa shape index (κ2) is 14.2. The number of benzene rings is 3. The number of hydrogen-bond acceptors (Lipinski definition) is 0. The average molecular weight is 540 g/mol. The zero-order chi connectivity index (χ0) is 24.0. The van der Waals surface area contributed by atoms with Crippen LogP contribution in [0.15, 0.2) is 91.0 Å². The van der Waals surface area contributed by atoms with Crippen LogP contribution < -0.4 is 15.9 Å². The molecule has 0 N–H and O–H groups in total. The van der Waals surface area contributed by atoms with Crippen molar-refractivity contribution >= 4 is 36.7 Å². The van der Waals surface area contributed by atoms with Crippen LogP contribution in [0.4, 0.5) is 0 Å². The Kier molecular flexibility index (Phi) is 11.4. The van der Waals surface area contributed by atoms with Gasteiger partial charge in [0.1, 0.15) is 0 Å². The van der Waals surface area contributed by atoms with Gasteiger partial charge in [0.05, 0.1) is 0 Å². The summed E-state index contributed by atoms with van der Waals surface area (Å²) in [5.41, 5.74) is 0. The molecular formula is C32H44BrP. The Hall–Kier alpha value is -1.43. The van der Waals surface area contributed by atoms with Crippen molar-refractivity contribution in [3.63, 3.8) is 0 Å². The average Bonchev–Trinajstić information content (AvgIpc) is 2.91. The molecule has 34 heavy (non-hydrogen) atoms. The van der Waals surface area contributed by atoms with Crippen molar-refractivity contribution < 1.29 is 0 Å². The van der Waals surface area contributed by atoms with Gasteiger partial charge in [-0.05, 0) is 0 Å². The van der Waals surface area contributed by atoms with E-state index in [1.54, 1.807) is 0 Å². The van der Waals surface area contributed by atoms with Crippen molar-refractivity contribution in [2.75, 3.05) is 6.16 Å². The van der Waals surface area contributed by atoms with Crippen LogP contribution in [-0.2, 0) is 0 Å². The summed E-state index contributed by atoms with van der Waals surface area (Å²) in [5.74, 6) is 0. The maximum atomic E-state index is 4.58. The van der Waals surface area contributed by atoms with Crippen LogP contribution in [0, 0.1) is 0 Å². The summed E-state index contributed by atoms with van der Waals surface area (Å²) >= 11 is 4.58. The van der Waals surface area contributed by atoms with E-state index in [9.17, 15) is 0 Å². The second-order valence-corrected chi connectivity index (χ2v) is 18.9. The van der Waals surface area contributed by atoms with Gasteiger partial charge in [-0.25, -0.2) is 0 Å². The molecule has 184 valence electrons. The topological polar surface area (TPSA) is 0 Å². The first-order valence-electron chi connectivity index (χ1n) is 13.6. The van der Waals surface area contributed by atoms with Gasteiger partial charge in [0.15, 0.2) is 0 Å². The molecule has 3 aromatic rings. The summed E-state index contributed by atoms with van der Waals surface area (Å²) in [6.07, 6.45) is 17.8. The third kappa shape index (κ3) is 6.83. The van der Waals surface area contributed by atoms with Gasteiger partial charge in [-0.15, -0.1) is 0 Å². The predicted octanol–water partition coefficient (Wildman–Crippen LogP) is 9.53. The molecule has 0 unspecified atom stereocenters. The number of unbranched alkanes of at least 4 members (excludes halogenated alkanes) is 11. The molecule has 0 spiro atoms. The van der Waals surface area contributed by atoms with Crippen LogP contribution in [0.1, 0.15) is 84.0 Å². The Morgan fingerprint density at radius 2 is 0.735 bits per heavy atom.